The third-order valence-electron chi connectivity index (χ3n) is 3.57. The summed E-state index contributed by atoms with van der Waals surface area (Å²) in [5.41, 5.74) is 2.49. The molecule has 22 heavy (non-hydrogen) atoms. The van der Waals surface area contributed by atoms with Gasteiger partial charge in [-0.2, -0.15) is 0 Å². The Bertz CT molecular complexity index is 945. The third-order valence-corrected chi connectivity index (χ3v) is 4.99. The van der Waals surface area contributed by atoms with E-state index in [4.69, 9.17) is 0 Å². The van der Waals surface area contributed by atoms with E-state index in [0.29, 0.717) is 11.1 Å². The molecule has 1 heterocycles. The van der Waals surface area contributed by atoms with Crippen LogP contribution in [0.15, 0.2) is 59.8 Å². The number of benzene rings is 2. The highest BCUT2D eigenvalue weighted by molar-refractivity contribution is 7.93. The average Bonchev–Trinajstić information content (AvgIpc) is 2.50. The van der Waals surface area contributed by atoms with Gasteiger partial charge in [0.15, 0.2) is 0 Å². The molecule has 0 aliphatic heterocycles. The number of hydrogen-bond donors (Lipinski definition) is 1. The molecule has 112 valence electrons. The monoisotopic (exact) mass is 312 g/mol. The quantitative estimate of drug-likeness (QED) is 0.803. The molecule has 0 fully saturated rings. The lowest BCUT2D eigenvalue weighted by Crippen LogP contribution is -2.14. The maximum absolute atomic E-state index is 12.7. The lowest BCUT2D eigenvalue weighted by molar-refractivity contribution is 0.602. The maximum Gasteiger partial charge on any atom is 0.262 e. The second-order valence-electron chi connectivity index (χ2n) is 5.28. The summed E-state index contributed by atoms with van der Waals surface area (Å²) >= 11 is 0. The van der Waals surface area contributed by atoms with E-state index in [1.54, 1.807) is 30.6 Å². The molecule has 5 heteroatoms. The van der Waals surface area contributed by atoms with Crippen molar-refractivity contribution >= 4 is 26.5 Å². The molecule has 0 bridgehead atoms. The zero-order valence-corrected chi connectivity index (χ0v) is 13.2. The highest BCUT2D eigenvalue weighted by Gasteiger charge is 2.18. The van der Waals surface area contributed by atoms with Crippen molar-refractivity contribution < 1.29 is 8.42 Å². The topological polar surface area (TPSA) is 59.1 Å². The standard InChI is InChI=1S/C17H16N2O2S/c1-12-6-7-13(2)16(10-12)19-22(20,21)17-5-3-4-14-11-18-9-8-15(14)17/h3-11,19H,1-2H3. The van der Waals surface area contributed by atoms with E-state index in [1.807, 2.05) is 38.1 Å². The van der Waals surface area contributed by atoms with Crippen molar-refractivity contribution in [3.05, 3.63) is 66.0 Å². The number of nitrogens with one attached hydrogen (secondary N) is 1. The van der Waals surface area contributed by atoms with E-state index in [9.17, 15) is 8.42 Å². The SMILES string of the molecule is Cc1ccc(C)c(NS(=O)(=O)c2cccc3cnccc23)c1. The molecule has 0 radical (unpaired) electrons. The molecule has 0 amide bonds. The molecule has 0 saturated carbocycles. The van der Waals surface area contributed by atoms with Gasteiger partial charge in [0.2, 0.25) is 0 Å². The Morgan fingerprint density at radius 2 is 1.86 bits per heavy atom. The molecule has 0 saturated heterocycles. The Labute approximate surface area is 129 Å². The number of anilines is 1. The van der Waals surface area contributed by atoms with Crippen molar-refractivity contribution in [3.8, 4) is 0 Å². The van der Waals surface area contributed by atoms with Crippen LogP contribution in [0.3, 0.4) is 0 Å². The summed E-state index contributed by atoms with van der Waals surface area (Å²) in [5, 5.41) is 1.46. The van der Waals surface area contributed by atoms with Gasteiger partial charge in [-0.15, -0.1) is 0 Å². The Morgan fingerprint density at radius 1 is 1.05 bits per heavy atom. The van der Waals surface area contributed by atoms with Crippen LogP contribution in [0.25, 0.3) is 10.8 Å². The summed E-state index contributed by atoms with van der Waals surface area (Å²) in [6, 6.07) is 12.6. The molecular weight excluding hydrogens is 296 g/mol. The van der Waals surface area contributed by atoms with Crippen LogP contribution < -0.4 is 4.72 Å². The van der Waals surface area contributed by atoms with Gasteiger partial charge in [0.1, 0.15) is 0 Å². The highest BCUT2D eigenvalue weighted by atomic mass is 32.2. The smallest absolute Gasteiger partial charge is 0.262 e. The van der Waals surface area contributed by atoms with Crippen molar-refractivity contribution in [1.82, 2.24) is 4.98 Å². The van der Waals surface area contributed by atoms with Gasteiger partial charge in [0, 0.05) is 23.2 Å². The molecule has 2 aromatic carbocycles. The molecule has 0 atom stereocenters. The van der Waals surface area contributed by atoms with Gasteiger partial charge in [-0.05, 0) is 43.2 Å². The minimum Gasteiger partial charge on any atom is -0.279 e. The summed E-state index contributed by atoms with van der Waals surface area (Å²) in [6.45, 7) is 3.81. The number of fused-ring (bicyclic) bond motifs is 1. The summed E-state index contributed by atoms with van der Waals surface area (Å²) in [6.07, 6.45) is 3.26. The second kappa shape index (κ2) is 5.42. The van der Waals surface area contributed by atoms with Gasteiger partial charge in [-0.1, -0.05) is 24.3 Å². The molecule has 1 N–H and O–H groups in total. The van der Waals surface area contributed by atoms with Gasteiger partial charge >= 0.3 is 0 Å². The van der Waals surface area contributed by atoms with E-state index in [1.165, 1.54) is 0 Å². The number of rotatable bonds is 3. The number of pyridine rings is 1. The van der Waals surface area contributed by atoms with Crippen LogP contribution in [0.4, 0.5) is 5.69 Å². The van der Waals surface area contributed by atoms with E-state index in [-0.39, 0.29) is 4.90 Å². The summed E-state index contributed by atoms with van der Waals surface area (Å²) in [7, 11) is -3.66. The number of aryl methyl sites for hydroxylation is 2. The fraction of sp³-hybridized carbons (Fsp3) is 0.118. The fourth-order valence-corrected chi connectivity index (χ4v) is 3.73. The lowest BCUT2D eigenvalue weighted by atomic mass is 10.1. The minimum absolute atomic E-state index is 0.258. The first-order chi connectivity index (χ1) is 10.5. The van der Waals surface area contributed by atoms with Crippen molar-refractivity contribution in [3.63, 3.8) is 0 Å². The highest BCUT2D eigenvalue weighted by Crippen LogP contribution is 2.26. The molecule has 0 unspecified atom stereocenters. The van der Waals surface area contributed by atoms with E-state index in [2.05, 4.69) is 9.71 Å². The number of nitrogens with zero attached hydrogens (tertiary/aromatic N) is 1. The molecule has 3 rings (SSSR count). The number of hydrogen-bond acceptors (Lipinski definition) is 3. The van der Waals surface area contributed by atoms with E-state index >= 15 is 0 Å². The van der Waals surface area contributed by atoms with Gasteiger partial charge in [0.05, 0.1) is 10.6 Å². The first kappa shape index (κ1) is 14.5. The summed E-state index contributed by atoms with van der Waals surface area (Å²) in [4.78, 5) is 4.29. The third kappa shape index (κ3) is 2.67. The fourth-order valence-electron chi connectivity index (χ4n) is 2.37. The maximum atomic E-state index is 12.7. The zero-order valence-electron chi connectivity index (χ0n) is 12.4. The normalized spacial score (nSPS) is 11.5. The van der Waals surface area contributed by atoms with Crippen molar-refractivity contribution in [2.45, 2.75) is 18.7 Å². The van der Waals surface area contributed by atoms with E-state index < -0.39 is 10.0 Å². The van der Waals surface area contributed by atoms with Gasteiger partial charge in [-0.3, -0.25) is 9.71 Å². The zero-order chi connectivity index (χ0) is 15.7. The van der Waals surface area contributed by atoms with Gasteiger partial charge in [0.25, 0.3) is 10.0 Å². The summed E-state index contributed by atoms with van der Waals surface area (Å²) < 4.78 is 28.2. The lowest BCUT2D eigenvalue weighted by Gasteiger charge is -2.13. The van der Waals surface area contributed by atoms with Crippen LogP contribution in [0.5, 0.6) is 0 Å². The summed E-state index contributed by atoms with van der Waals surface area (Å²) in [5.74, 6) is 0. The van der Waals surface area contributed by atoms with Crippen molar-refractivity contribution in [1.29, 1.82) is 0 Å². The van der Waals surface area contributed by atoms with Crippen LogP contribution in [0.1, 0.15) is 11.1 Å². The Hall–Kier alpha value is -2.40. The molecule has 0 spiro atoms. The molecule has 0 aliphatic carbocycles. The first-order valence-corrected chi connectivity index (χ1v) is 8.38. The molecule has 1 aromatic heterocycles. The van der Waals surface area contributed by atoms with E-state index in [0.717, 1.165) is 16.5 Å². The van der Waals surface area contributed by atoms with Crippen LogP contribution in [0, 0.1) is 13.8 Å². The molecular formula is C17H16N2O2S. The van der Waals surface area contributed by atoms with Crippen LogP contribution in [-0.4, -0.2) is 13.4 Å². The number of aromatic nitrogens is 1. The van der Waals surface area contributed by atoms with Crippen LogP contribution in [0.2, 0.25) is 0 Å². The van der Waals surface area contributed by atoms with Crippen LogP contribution >= 0.6 is 0 Å². The van der Waals surface area contributed by atoms with Crippen LogP contribution in [-0.2, 0) is 10.0 Å². The van der Waals surface area contributed by atoms with Gasteiger partial charge < -0.3 is 0 Å². The molecule has 4 nitrogen and oxygen atoms in total. The largest absolute Gasteiger partial charge is 0.279 e. The minimum atomic E-state index is -3.66. The van der Waals surface area contributed by atoms with Crippen molar-refractivity contribution in [2.75, 3.05) is 4.72 Å². The second-order valence-corrected chi connectivity index (χ2v) is 6.93. The molecule has 3 aromatic rings. The first-order valence-electron chi connectivity index (χ1n) is 6.90. The Balaban J connectivity index is 2.11. The predicted molar refractivity (Wildman–Crippen MR) is 88.5 cm³/mol. The predicted octanol–water partition coefficient (Wildman–Crippen LogP) is 3.65. The molecule has 0 aliphatic rings. The average molecular weight is 312 g/mol. The Morgan fingerprint density at radius 3 is 2.68 bits per heavy atom. The van der Waals surface area contributed by atoms with Crippen molar-refractivity contribution in [2.24, 2.45) is 0 Å². The van der Waals surface area contributed by atoms with Gasteiger partial charge in [-0.25, -0.2) is 8.42 Å². The number of sulfonamides is 1. The Kier molecular flexibility index (Phi) is 3.58.